The highest BCUT2D eigenvalue weighted by atomic mass is 35.5. The molecule has 3 nitrogen and oxygen atoms in total. The van der Waals surface area contributed by atoms with Gasteiger partial charge in [-0.2, -0.15) is 0 Å². The zero-order chi connectivity index (χ0) is 13.3. The van der Waals surface area contributed by atoms with E-state index in [0.29, 0.717) is 0 Å². The SMILES string of the molecule is Cc1ccccc1-n1cc(C(=O)Cl)c(=O)cc1C. The van der Waals surface area contributed by atoms with Crippen LogP contribution in [0.5, 0.6) is 0 Å². The molecule has 0 atom stereocenters. The molecule has 1 aromatic heterocycles. The topological polar surface area (TPSA) is 39.1 Å². The lowest BCUT2D eigenvalue weighted by Gasteiger charge is -2.13. The number of para-hydroxylation sites is 1. The summed E-state index contributed by atoms with van der Waals surface area (Å²) in [5, 5.41) is -0.734. The molecule has 1 heterocycles. The van der Waals surface area contributed by atoms with Crippen molar-refractivity contribution in [3.63, 3.8) is 0 Å². The van der Waals surface area contributed by atoms with E-state index in [-0.39, 0.29) is 11.0 Å². The maximum atomic E-state index is 11.6. The summed E-state index contributed by atoms with van der Waals surface area (Å²) in [6, 6.07) is 9.15. The number of carbonyl (C=O) groups is 1. The summed E-state index contributed by atoms with van der Waals surface area (Å²) in [5.41, 5.74) is 2.38. The molecule has 0 N–H and O–H groups in total. The van der Waals surface area contributed by atoms with Crippen LogP contribution in [-0.2, 0) is 0 Å². The molecule has 0 unspecified atom stereocenters. The highest BCUT2D eigenvalue weighted by molar-refractivity contribution is 6.67. The van der Waals surface area contributed by atoms with Gasteiger partial charge in [-0.1, -0.05) is 18.2 Å². The minimum absolute atomic E-state index is 0.00878. The molecule has 1 aromatic carbocycles. The molecule has 0 saturated carbocycles. The molecule has 0 bridgehead atoms. The molecule has 2 aromatic rings. The van der Waals surface area contributed by atoms with Gasteiger partial charge in [-0.3, -0.25) is 9.59 Å². The first kappa shape index (κ1) is 12.6. The van der Waals surface area contributed by atoms with Gasteiger partial charge in [-0.25, -0.2) is 0 Å². The number of pyridine rings is 1. The Kier molecular flexibility index (Phi) is 3.34. The van der Waals surface area contributed by atoms with Crippen molar-refractivity contribution < 1.29 is 4.79 Å². The molecule has 4 heteroatoms. The van der Waals surface area contributed by atoms with Crippen LogP contribution in [0.2, 0.25) is 0 Å². The molecule has 2 rings (SSSR count). The van der Waals surface area contributed by atoms with Gasteiger partial charge in [0.05, 0.1) is 5.56 Å². The third kappa shape index (κ3) is 2.22. The number of nitrogens with zero attached hydrogens (tertiary/aromatic N) is 1. The maximum absolute atomic E-state index is 11.6. The van der Waals surface area contributed by atoms with Gasteiger partial charge >= 0.3 is 0 Å². The highest BCUT2D eigenvalue weighted by Gasteiger charge is 2.11. The van der Waals surface area contributed by atoms with Crippen molar-refractivity contribution in [2.24, 2.45) is 0 Å². The van der Waals surface area contributed by atoms with E-state index in [1.165, 1.54) is 12.3 Å². The minimum atomic E-state index is -0.734. The molecule has 0 aliphatic rings. The predicted octanol–water partition coefficient (Wildman–Crippen LogP) is 2.83. The first-order valence-electron chi connectivity index (χ1n) is 5.50. The summed E-state index contributed by atoms with van der Waals surface area (Å²) < 4.78 is 1.80. The van der Waals surface area contributed by atoms with Gasteiger partial charge in [-0.05, 0) is 37.1 Å². The molecule has 0 aliphatic carbocycles. The van der Waals surface area contributed by atoms with Crippen molar-refractivity contribution in [1.82, 2.24) is 4.57 Å². The van der Waals surface area contributed by atoms with E-state index in [0.717, 1.165) is 16.9 Å². The zero-order valence-corrected chi connectivity index (χ0v) is 10.9. The number of halogens is 1. The zero-order valence-electron chi connectivity index (χ0n) is 10.1. The quantitative estimate of drug-likeness (QED) is 0.780. The Balaban J connectivity index is 2.73. The van der Waals surface area contributed by atoms with Crippen LogP contribution < -0.4 is 5.43 Å². The lowest BCUT2D eigenvalue weighted by molar-refractivity contribution is 0.108. The highest BCUT2D eigenvalue weighted by Crippen LogP contribution is 2.15. The number of rotatable bonds is 2. The first-order chi connectivity index (χ1) is 8.50. The van der Waals surface area contributed by atoms with Crippen molar-refractivity contribution in [2.45, 2.75) is 13.8 Å². The number of benzene rings is 1. The first-order valence-corrected chi connectivity index (χ1v) is 5.87. The number of aromatic nitrogens is 1. The lowest BCUT2D eigenvalue weighted by atomic mass is 10.1. The van der Waals surface area contributed by atoms with Gasteiger partial charge in [0, 0.05) is 23.6 Å². The fraction of sp³-hybridized carbons (Fsp3) is 0.143. The Morgan fingerprint density at radius 1 is 1.22 bits per heavy atom. The van der Waals surface area contributed by atoms with Gasteiger partial charge in [-0.15, -0.1) is 0 Å². The van der Waals surface area contributed by atoms with Gasteiger partial charge in [0.15, 0.2) is 5.43 Å². The Bertz CT molecular complexity index is 674. The van der Waals surface area contributed by atoms with E-state index >= 15 is 0 Å². The van der Waals surface area contributed by atoms with E-state index in [4.69, 9.17) is 11.6 Å². The maximum Gasteiger partial charge on any atom is 0.257 e. The van der Waals surface area contributed by atoms with Gasteiger partial charge in [0.2, 0.25) is 0 Å². The third-order valence-electron chi connectivity index (χ3n) is 2.83. The fourth-order valence-corrected chi connectivity index (χ4v) is 2.01. The van der Waals surface area contributed by atoms with E-state index < -0.39 is 5.24 Å². The molecule has 18 heavy (non-hydrogen) atoms. The van der Waals surface area contributed by atoms with Crippen LogP contribution in [0.4, 0.5) is 0 Å². The van der Waals surface area contributed by atoms with E-state index in [2.05, 4.69) is 0 Å². The second-order valence-electron chi connectivity index (χ2n) is 4.12. The molecule has 0 amide bonds. The van der Waals surface area contributed by atoms with E-state index in [9.17, 15) is 9.59 Å². The summed E-state index contributed by atoms with van der Waals surface area (Å²) in [7, 11) is 0. The van der Waals surface area contributed by atoms with Crippen LogP contribution in [0.1, 0.15) is 21.6 Å². The summed E-state index contributed by atoms with van der Waals surface area (Å²) in [6.07, 6.45) is 1.50. The average molecular weight is 262 g/mol. The number of hydrogen-bond donors (Lipinski definition) is 0. The number of carbonyl (C=O) groups excluding carboxylic acids is 1. The average Bonchev–Trinajstić information content (AvgIpc) is 2.30. The molecular formula is C14H12ClNO2. The summed E-state index contributed by atoms with van der Waals surface area (Å²) >= 11 is 5.41. The van der Waals surface area contributed by atoms with Gasteiger partial charge in [0.1, 0.15) is 0 Å². The van der Waals surface area contributed by atoms with Crippen LogP contribution in [0, 0.1) is 13.8 Å². The van der Waals surface area contributed by atoms with Crippen molar-refractivity contribution in [3.8, 4) is 5.69 Å². The van der Waals surface area contributed by atoms with Crippen LogP contribution in [0.3, 0.4) is 0 Å². The van der Waals surface area contributed by atoms with Crippen LogP contribution in [0.25, 0.3) is 5.69 Å². The predicted molar refractivity (Wildman–Crippen MR) is 71.7 cm³/mol. The molecule has 0 saturated heterocycles. The Labute approximate surface area is 110 Å². The summed E-state index contributed by atoms with van der Waals surface area (Å²) in [6.45, 7) is 3.78. The second-order valence-corrected chi connectivity index (χ2v) is 4.47. The van der Waals surface area contributed by atoms with Gasteiger partial charge in [0.25, 0.3) is 5.24 Å². The molecular weight excluding hydrogens is 250 g/mol. The van der Waals surface area contributed by atoms with E-state index in [1.54, 1.807) is 4.57 Å². The van der Waals surface area contributed by atoms with E-state index in [1.807, 2.05) is 38.1 Å². The molecule has 0 aliphatic heterocycles. The Morgan fingerprint density at radius 2 is 1.89 bits per heavy atom. The molecule has 92 valence electrons. The lowest BCUT2D eigenvalue weighted by Crippen LogP contribution is -2.16. The normalized spacial score (nSPS) is 10.4. The second kappa shape index (κ2) is 4.78. The minimum Gasteiger partial charge on any atom is -0.320 e. The van der Waals surface area contributed by atoms with Crippen LogP contribution >= 0.6 is 11.6 Å². The Morgan fingerprint density at radius 3 is 2.50 bits per heavy atom. The van der Waals surface area contributed by atoms with Crippen molar-refractivity contribution in [1.29, 1.82) is 0 Å². The monoisotopic (exact) mass is 261 g/mol. The fourth-order valence-electron chi connectivity index (χ4n) is 1.87. The molecule has 0 fully saturated rings. The summed E-state index contributed by atoms with van der Waals surface area (Å²) in [5.74, 6) is 0. The van der Waals surface area contributed by atoms with Crippen molar-refractivity contribution >= 4 is 16.8 Å². The molecule has 0 radical (unpaired) electrons. The number of aryl methyl sites for hydroxylation is 2. The van der Waals surface area contributed by atoms with Crippen LogP contribution in [0.15, 0.2) is 41.3 Å². The largest absolute Gasteiger partial charge is 0.320 e. The third-order valence-corrected chi connectivity index (χ3v) is 3.03. The van der Waals surface area contributed by atoms with Crippen molar-refractivity contribution in [2.75, 3.05) is 0 Å². The van der Waals surface area contributed by atoms with Crippen LogP contribution in [-0.4, -0.2) is 9.81 Å². The van der Waals surface area contributed by atoms with Gasteiger partial charge < -0.3 is 4.57 Å². The van der Waals surface area contributed by atoms with Crippen molar-refractivity contribution in [3.05, 3.63) is 63.6 Å². The number of hydrogen-bond acceptors (Lipinski definition) is 2. The smallest absolute Gasteiger partial charge is 0.257 e. The molecule has 0 spiro atoms. The summed E-state index contributed by atoms with van der Waals surface area (Å²) in [4.78, 5) is 22.8. The Hall–Kier alpha value is -1.87. The standard InChI is InChI=1S/C14H12ClNO2/c1-9-5-3-4-6-12(9)16-8-11(14(15)18)13(17)7-10(16)2/h3-8H,1-2H3.